The van der Waals surface area contributed by atoms with Crippen LogP contribution in [0, 0.1) is 0 Å². The summed E-state index contributed by atoms with van der Waals surface area (Å²) in [5.41, 5.74) is 0. The third kappa shape index (κ3) is 2.62. The molecule has 52 valence electrons. The summed E-state index contributed by atoms with van der Waals surface area (Å²) in [7, 11) is 0. The average Bonchev–Trinajstić information content (AvgIpc) is 1.79. The van der Waals surface area contributed by atoms with Gasteiger partial charge in [0, 0.05) is 12.2 Å². The summed E-state index contributed by atoms with van der Waals surface area (Å²) in [6.07, 6.45) is 0. The minimum atomic E-state index is 0.235. The van der Waals surface area contributed by atoms with E-state index in [2.05, 4.69) is 12.2 Å². The lowest BCUT2D eigenvalue weighted by Gasteiger charge is -2.12. The first-order chi connectivity index (χ1) is 4.39. The summed E-state index contributed by atoms with van der Waals surface area (Å²) in [5, 5.41) is 0.235. The maximum absolute atomic E-state index is 5.01. The molecule has 4 heteroatoms. The van der Waals surface area contributed by atoms with Crippen LogP contribution in [0.3, 0.4) is 0 Å². The quantitative estimate of drug-likeness (QED) is 0.463. The van der Waals surface area contributed by atoms with Crippen LogP contribution in [0.5, 0.6) is 0 Å². The zero-order valence-corrected chi connectivity index (χ0v) is 5.78. The fraction of sp³-hybridized carbons (Fsp3) is 0.800. The second-order valence-electron chi connectivity index (χ2n) is 1.56. The summed E-state index contributed by atoms with van der Waals surface area (Å²) < 4.78 is 14.7. The van der Waals surface area contributed by atoms with Crippen LogP contribution in [-0.4, -0.2) is 31.7 Å². The fourth-order valence-corrected chi connectivity index (χ4v) is 0.678. The van der Waals surface area contributed by atoms with Crippen molar-refractivity contribution < 1.29 is 14.2 Å². The maximum Gasteiger partial charge on any atom is 0.352 e. The van der Waals surface area contributed by atoms with E-state index in [9.17, 15) is 0 Å². The topological polar surface area (TPSA) is 27.7 Å². The van der Waals surface area contributed by atoms with Gasteiger partial charge in [-0.25, -0.2) is 0 Å². The Morgan fingerprint density at radius 3 is 2.11 bits per heavy atom. The number of hydrogen-bond acceptors (Lipinski definition) is 4. The Kier molecular flexibility index (Phi) is 2.73. The third-order valence-corrected chi connectivity index (χ3v) is 1.13. The third-order valence-electron chi connectivity index (χ3n) is 0.895. The molecule has 1 aliphatic heterocycles. The van der Waals surface area contributed by atoms with Crippen LogP contribution >= 0.6 is 12.2 Å². The van der Waals surface area contributed by atoms with E-state index in [0.29, 0.717) is 26.4 Å². The lowest BCUT2D eigenvalue weighted by molar-refractivity contribution is 0.0268. The molecular formula is C5H8O3S. The van der Waals surface area contributed by atoms with Crippen molar-refractivity contribution in [3.63, 3.8) is 0 Å². The van der Waals surface area contributed by atoms with Crippen LogP contribution in [0.15, 0.2) is 0 Å². The Bertz CT molecular complexity index is 94.4. The van der Waals surface area contributed by atoms with Gasteiger partial charge in [-0.3, -0.25) is 0 Å². The highest BCUT2D eigenvalue weighted by Crippen LogP contribution is 1.91. The maximum atomic E-state index is 5.01. The molecule has 1 heterocycles. The van der Waals surface area contributed by atoms with Crippen molar-refractivity contribution in [3.05, 3.63) is 0 Å². The molecular weight excluding hydrogens is 140 g/mol. The smallest absolute Gasteiger partial charge is 0.352 e. The van der Waals surface area contributed by atoms with E-state index >= 15 is 0 Å². The SMILES string of the molecule is S=C1OCCOCCO1. The second kappa shape index (κ2) is 3.63. The Morgan fingerprint density at radius 2 is 1.56 bits per heavy atom. The van der Waals surface area contributed by atoms with Crippen molar-refractivity contribution in [3.8, 4) is 0 Å². The van der Waals surface area contributed by atoms with Gasteiger partial charge in [0.25, 0.3) is 0 Å². The van der Waals surface area contributed by atoms with Gasteiger partial charge in [0.2, 0.25) is 0 Å². The molecule has 3 nitrogen and oxygen atoms in total. The molecule has 1 fully saturated rings. The van der Waals surface area contributed by atoms with Gasteiger partial charge in [-0.15, -0.1) is 0 Å². The predicted molar refractivity (Wildman–Crippen MR) is 35.3 cm³/mol. The molecule has 0 aromatic rings. The molecule has 9 heavy (non-hydrogen) atoms. The van der Waals surface area contributed by atoms with Gasteiger partial charge >= 0.3 is 5.24 Å². The summed E-state index contributed by atoms with van der Waals surface area (Å²) in [4.78, 5) is 0. The van der Waals surface area contributed by atoms with E-state index in [0.717, 1.165) is 0 Å². The Hall–Kier alpha value is -0.350. The molecule has 1 aliphatic rings. The molecule has 0 spiro atoms. The lowest BCUT2D eigenvalue weighted by Crippen LogP contribution is -2.19. The summed E-state index contributed by atoms with van der Waals surface area (Å²) >= 11 is 4.65. The van der Waals surface area contributed by atoms with Gasteiger partial charge < -0.3 is 14.2 Å². The first kappa shape index (κ1) is 6.77. The predicted octanol–water partition coefficient (Wildman–Crippen LogP) is 0.335. The van der Waals surface area contributed by atoms with E-state index in [4.69, 9.17) is 14.2 Å². The molecule has 1 saturated heterocycles. The van der Waals surface area contributed by atoms with E-state index < -0.39 is 0 Å². The molecule has 0 unspecified atom stereocenters. The largest absolute Gasteiger partial charge is 0.454 e. The van der Waals surface area contributed by atoms with E-state index in [1.54, 1.807) is 0 Å². The molecule has 0 bridgehead atoms. The summed E-state index contributed by atoms with van der Waals surface area (Å²) in [5.74, 6) is 0. The average molecular weight is 148 g/mol. The number of hydrogen-bond donors (Lipinski definition) is 0. The molecule has 0 aromatic carbocycles. The van der Waals surface area contributed by atoms with Crippen molar-refractivity contribution in [1.82, 2.24) is 0 Å². The zero-order chi connectivity index (χ0) is 6.53. The van der Waals surface area contributed by atoms with Crippen LogP contribution in [-0.2, 0) is 14.2 Å². The first-order valence-electron chi connectivity index (χ1n) is 2.77. The van der Waals surface area contributed by atoms with Gasteiger partial charge in [-0.1, -0.05) is 0 Å². The highest BCUT2D eigenvalue weighted by atomic mass is 32.1. The van der Waals surface area contributed by atoms with Gasteiger partial charge in [-0.2, -0.15) is 0 Å². The monoisotopic (exact) mass is 148 g/mol. The van der Waals surface area contributed by atoms with Crippen LogP contribution in [0.4, 0.5) is 0 Å². The second-order valence-corrected chi connectivity index (χ2v) is 1.89. The van der Waals surface area contributed by atoms with Crippen molar-refractivity contribution in [1.29, 1.82) is 0 Å². The van der Waals surface area contributed by atoms with Crippen LogP contribution in [0.2, 0.25) is 0 Å². The highest BCUT2D eigenvalue weighted by Gasteiger charge is 2.01. The molecule has 0 atom stereocenters. The Balaban J connectivity index is 2.20. The molecule has 0 aromatic heterocycles. The minimum absolute atomic E-state index is 0.235. The van der Waals surface area contributed by atoms with Crippen molar-refractivity contribution in [2.45, 2.75) is 0 Å². The number of rotatable bonds is 0. The lowest BCUT2D eigenvalue weighted by atomic mass is 10.7. The van der Waals surface area contributed by atoms with E-state index in [1.807, 2.05) is 0 Å². The van der Waals surface area contributed by atoms with E-state index in [1.165, 1.54) is 0 Å². The molecule has 0 aliphatic carbocycles. The van der Waals surface area contributed by atoms with E-state index in [-0.39, 0.29) is 5.24 Å². The van der Waals surface area contributed by atoms with Crippen LogP contribution in [0.1, 0.15) is 0 Å². The molecule has 0 saturated carbocycles. The van der Waals surface area contributed by atoms with Gasteiger partial charge in [0.15, 0.2) is 0 Å². The molecule has 0 amide bonds. The standard InChI is InChI=1S/C5H8O3S/c9-5-7-3-1-6-2-4-8-5/h1-4H2. The molecule has 0 radical (unpaired) electrons. The Morgan fingerprint density at radius 1 is 1.00 bits per heavy atom. The highest BCUT2D eigenvalue weighted by molar-refractivity contribution is 7.79. The number of ether oxygens (including phenoxy) is 3. The van der Waals surface area contributed by atoms with Crippen molar-refractivity contribution in [2.75, 3.05) is 26.4 Å². The summed E-state index contributed by atoms with van der Waals surface area (Å²) in [6.45, 7) is 2.20. The molecule has 0 N–H and O–H groups in total. The fourth-order valence-electron chi connectivity index (χ4n) is 0.512. The van der Waals surface area contributed by atoms with Crippen LogP contribution in [0.25, 0.3) is 0 Å². The normalized spacial score (nSPS) is 21.1. The van der Waals surface area contributed by atoms with Gasteiger partial charge in [0.05, 0.1) is 13.2 Å². The number of thiocarbonyl (C=S) groups is 1. The molecule has 1 rings (SSSR count). The Labute approximate surface area is 58.9 Å². The first-order valence-corrected chi connectivity index (χ1v) is 3.18. The van der Waals surface area contributed by atoms with Gasteiger partial charge in [-0.05, 0) is 0 Å². The van der Waals surface area contributed by atoms with Crippen LogP contribution < -0.4 is 0 Å². The van der Waals surface area contributed by atoms with Crippen molar-refractivity contribution in [2.24, 2.45) is 0 Å². The van der Waals surface area contributed by atoms with Gasteiger partial charge in [0.1, 0.15) is 13.2 Å². The zero-order valence-electron chi connectivity index (χ0n) is 4.96. The van der Waals surface area contributed by atoms with Crippen molar-refractivity contribution >= 4 is 17.5 Å². The minimum Gasteiger partial charge on any atom is -0.454 e. The summed E-state index contributed by atoms with van der Waals surface area (Å²) in [6, 6.07) is 0.